The molecular weight excluding hydrogens is 350 g/mol. The molecule has 0 unspecified atom stereocenters. The zero-order chi connectivity index (χ0) is 17.1. The third-order valence-corrected chi connectivity index (χ3v) is 4.22. The topological polar surface area (TPSA) is 84.1 Å². The minimum Gasteiger partial charge on any atom is -0.491 e. The second-order valence-electron chi connectivity index (χ2n) is 4.78. The number of hydrogen-bond donors (Lipinski definition) is 2. The molecule has 24 heavy (non-hydrogen) atoms. The number of amides is 1. The van der Waals surface area contributed by atoms with Crippen LogP contribution in [0.1, 0.15) is 10.5 Å². The lowest BCUT2D eigenvalue weighted by atomic mass is 10.2. The molecule has 8 heteroatoms. The number of methoxy groups -OCH3 is 1. The number of hydrogen-bond acceptors (Lipinski definition) is 5. The van der Waals surface area contributed by atoms with Crippen LogP contribution >= 0.6 is 22.9 Å². The molecule has 0 saturated heterocycles. The van der Waals surface area contributed by atoms with Gasteiger partial charge in [-0.1, -0.05) is 23.7 Å². The van der Waals surface area contributed by atoms with Crippen LogP contribution in [-0.4, -0.2) is 23.0 Å². The molecule has 2 heterocycles. The third kappa shape index (κ3) is 3.47. The quantitative estimate of drug-likeness (QED) is 0.745. The second-order valence-corrected chi connectivity index (χ2v) is 6.07. The minimum absolute atomic E-state index is 0.129. The van der Waals surface area contributed by atoms with Crippen LogP contribution < -0.4 is 15.5 Å². The van der Waals surface area contributed by atoms with Crippen LogP contribution in [0.4, 0.5) is 5.13 Å². The van der Waals surface area contributed by atoms with Crippen molar-refractivity contribution < 1.29 is 9.53 Å². The molecule has 0 bridgehead atoms. The lowest BCUT2D eigenvalue weighted by molar-refractivity contribution is 0.102. The highest BCUT2D eigenvalue weighted by molar-refractivity contribution is 7.14. The number of carbonyl (C=O) groups excluding carboxylic acids is 1. The molecule has 3 rings (SSSR count). The summed E-state index contributed by atoms with van der Waals surface area (Å²) in [7, 11) is 1.39. The van der Waals surface area contributed by atoms with Gasteiger partial charge in [0.05, 0.1) is 12.8 Å². The Morgan fingerprint density at radius 1 is 1.33 bits per heavy atom. The summed E-state index contributed by atoms with van der Waals surface area (Å²) in [6, 6.07) is 8.43. The Labute approximate surface area is 146 Å². The van der Waals surface area contributed by atoms with Gasteiger partial charge >= 0.3 is 0 Å². The zero-order valence-electron chi connectivity index (χ0n) is 12.5. The average Bonchev–Trinajstić information content (AvgIpc) is 3.04. The van der Waals surface area contributed by atoms with Gasteiger partial charge in [-0.2, -0.15) is 0 Å². The van der Waals surface area contributed by atoms with Gasteiger partial charge in [-0.3, -0.25) is 14.9 Å². The molecule has 0 atom stereocenters. The van der Waals surface area contributed by atoms with E-state index >= 15 is 0 Å². The lowest BCUT2D eigenvalue weighted by Crippen LogP contribution is -2.17. The fourth-order valence-corrected chi connectivity index (χ4v) is 2.84. The van der Waals surface area contributed by atoms with Crippen molar-refractivity contribution in [3.63, 3.8) is 0 Å². The summed E-state index contributed by atoms with van der Waals surface area (Å²) in [6.45, 7) is 0. The Balaban J connectivity index is 1.77. The van der Waals surface area contributed by atoms with E-state index in [4.69, 9.17) is 16.3 Å². The van der Waals surface area contributed by atoms with E-state index in [1.54, 1.807) is 12.1 Å². The van der Waals surface area contributed by atoms with Crippen LogP contribution in [0.15, 0.2) is 46.7 Å². The molecule has 1 amide bonds. The van der Waals surface area contributed by atoms with Crippen molar-refractivity contribution in [1.82, 2.24) is 9.97 Å². The maximum atomic E-state index is 12.2. The Morgan fingerprint density at radius 3 is 2.75 bits per heavy atom. The number of aromatic nitrogens is 2. The number of benzene rings is 1. The highest BCUT2D eigenvalue weighted by Gasteiger charge is 2.12. The van der Waals surface area contributed by atoms with E-state index in [1.807, 2.05) is 17.5 Å². The number of carbonyl (C=O) groups is 1. The maximum Gasteiger partial charge on any atom is 0.273 e. The number of ether oxygens (including phenoxy) is 1. The minimum atomic E-state index is -0.452. The summed E-state index contributed by atoms with van der Waals surface area (Å²) < 4.78 is 4.86. The standard InChI is InChI=1S/C16H12ClN3O3S/c1-23-14-7-18-11(6-13(14)21)15(22)20-16-19-12(8-24-16)9-2-4-10(17)5-3-9/h2-8H,1H3,(H,18,21)(H,19,20,22). The lowest BCUT2D eigenvalue weighted by Gasteiger charge is -2.03. The Kier molecular flexibility index (Phi) is 4.64. The summed E-state index contributed by atoms with van der Waals surface area (Å²) >= 11 is 7.15. The van der Waals surface area contributed by atoms with Crippen molar-refractivity contribution in [2.75, 3.05) is 12.4 Å². The third-order valence-electron chi connectivity index (χ3n) is 3.21. The first-order chi connectivity index (χ1) is 11.6. The van der Waals surface area contributed by atoms with E-state index in [0.717, 1.165) is 11.3 Å². The average molecular weight is 362 g/mol. The van der Waals surface area contributed by atoms with Crippen LogP contribution in [0, 0.1) is 0 Å². The fraction of sp³-hybridized carbons (Fsp3) is 0.0625. The van der Waals surface area contributed by atoms with Gasteiger partial charge in [0.25, 0.3) is 5.91 Å². The number of anilines is 1. The van der Waals surface area contributed by atoms with Gasteiger partial charge in [-0.25, -0.2) is 4.98 Å². The monoisotopic (exact) mass is 361 g/mol. The van der Waals surface area contributed by atoms with Crippen LogP contribution in [0.25, 0.3) is 11.3 Å². The van der Waals surface area contributed by atoms with Crippen molar-refractivity contribution in [2.45, 2.75) is 0 Å². The number of nitrogens with one attached hydrogen (secondary N) is 2. The van der Waals surface area contributed by atoms with Crippen LogP contribution in [0.5, 0.6) is 5.75 Å². The van der Waals surface area contributed by atoms with Crippen molar-refractivity contribution in [2.24, 2.45) is 0 Å². The smallest absolute Gasteiger partial charge is 0.273 e. The van der Waals surface area contributed by atoms with Gasteiger partial charge in [-0.15, -0.1) is 11.3 Å². The molecule has 3 aromatic rings. The molecule has 0 aliphatic carbocycles. The molecule has 122 valence electrons. The van der Waals surface area contributed by atoms with Crippen LogP contribution in [-0.2, 0) is 0 Å². The van der Waals surface area contributed by atoms with E-state index in [2.05, 4.69) is 15.3 Å². The largest absolute Gasteiger partial charge is 0.491 e. The number of pyridine rings is 1. The molecule has 2 aromatic heterocycles. The number of aromatic amines is 1. The molecule has 0 aliphatic heterocycles. The number of H-pyrrole nitrogens is 1. The molecule has 1 aromatic carbocycles. The molecule has 0 spiro atoms. The Morgan fingerprint density at radius 2 is 2.08 bits per heavy atom. The first-order valence-corrected chi connectivity index (χ1v) is 8.12. The number of thiazole rings is 1. The summed E-state index contributed by atoms with van der Waals surface area (Å²) in [5.41, 5.74) is 1.38. The van der Waals surface area contributed by atoms with Crippen molar-refractivity contribution in [1.29, 1.82) is 0 Å². The summed E-state index contributed by atoms with van der Waals surface area (Å²) in [4.78, 5) is 31.0. The van der Waals surface area contributed by atoms with E-state index in [-0.39, 0.29) is 16.9 Å². The highest BCUT2D eigenvalue weighted by atomic mass is 35.5. The molecular formula is C16H12ClN3O3S. The molecule has 0 saturated carbocycles. The predicted octanol–water partition coefficient (Wildman–Crippen LogP) is 3.41. The van der Waals surface area contributed by atoms with Crippen molar-refractivity contribution in [3.8, 4) is 17.0 Å². The Bertz CT molecular complexity index is 934. The molecule has 2 N–H and O–H groups in total. The predicted molar refractivity (Wildman–Crippen MR) is 94.1 cm³/mol. The summed E-state index contributed by atoms with van der Waals surface area (Å²) in [6.07, 6.45) is 1.35. The molecule has 6 nitrogen and oxygen atoms in total. The second kappa shape index (κ2) is 6.86. The van der Waals surface area contributed by atoms with Crippen LogP contribution in [0.3, 0.4) is 0 Å². The fourth-order valence-electron chi connectivity index (χ4n) is 2.00. The summed E-state index contributed by atoms with van der Waals surface area (Å²) in [5.74, 6) is -0.308. The van der Waals surface area contributed by atoms with E-state index < -0.39 is 5.91 Å². The number of rotatable bonds is 4. The van der Waals surface area contributed by atoms with Crippen molar-refractivity contribution in [3.05, 3.63) is 62.8 Å². The first-order valence-electron chi connectivity index (χ1n) is 6.86. The molecule has 0 fully saturated rings. The Hall–Kier alpha value is -2.64. The van der Waals surface area contributed by atoms with Gasteiger partial charge < -0.3 is 9.72 Å². The van der Waals surface area contributed by atoms with E-state index in [0.29, 0.717) is 10.2 Å². The SMILES string of the molecule is COc1c[nH]c(C(=O)Nc2nc(-c3ccc(Cl)cc3)cs2)cc1=O. The van der Waals surface area contributed by atoms with Gasteiger partial charge in [0.15, 0.2) is 10.9 Å². The van der Waals surface area contributed by atoms with E-state index in [9.17, 15) is 9.59 Å². The maximum absolute atomic E-state index is 12.2. The van der Waals surface area contributed by atoms with Crippen molar-refractivity contribution >= 4 is 34.0 Å². The zero-order valence-corrected chi connectivity index (χ0v) is 14.1. The van der Waals surface area contributed by atoms with Gasteiger partial charge in [0, 0.05) is 28.2 Å². The molecule has 0 aliphatic rings. The molecule has 0 radical (unpaired) electrons. The number of halogens is 1. The first kappa shape index (κ1) is 16.2. The van der Waals surface area contributed by atoms with Crippen LogP contribution in [0.2, 0.25) is 5.02 Å². The number of nitrogens with zero attached hydrogens (tertiary/aromatic N) is 1. The van der Waals surface area contributed by atoms with Gasteiger partial charge in [0.1, 0.15) is 5.69 Å². The van der Waals surface area contributed by atoms with Gasteiger partial charge in [-0.05, 0) is 12.1 Å². The summed E-state index contributed by atoms with van der Waals surface area (Å²) in [5, 5.41) is 5.56. The van der Waals surface area contributed by atoms with E-state index in [1.165, 1.54) is 30.7 Å². The highest BCUT2D eigenvalue weighted by Crippen LogP contribution is 2.26. The normalized spacial score (nSPS) is 10.4. The van der Waals surface area contributed by atoms with Gasteiger partial charge in [0.2, 0.25) is 5.43 Å².